The minimum absolute atomic E-state index is 0.146. The molecule has 170 valence electrons. The van der Waals surface area contributed by atoms with Crippen LogP contribution in [0.4, 0.5) is 24.7 Å². The molecule has 0 spiro atoms. The number of piperazine rings is 1. The molecule has 1 saturated heterocycles. The van der Waals surface area contributed by atoms with E-state index in [-0.39, 0.29) is 23.8 Å². The number of alkyl halides is 3. The summed E-state index contributed by atoms with van der Waals surface area (Å²) >= 11 is 0. The highest BCUT2D eigenvalue weighted by atomic mass is 19.4. The number of methoxy groups -OCH3 is 1. The van der Waals surface area contributed by atoms with Crippen molar-refractivity contribution in [2.24, 2.45) is 0 Å². The van der Waals surface area contributed by atoms with E-state index >= 15 is 0 Å². The van der Waals surface area contributed by atoms with Crippen LogP contribution in [0.3, 0.4) is 0 Å². The number of H-pyrrole nitrogens is 1. The van der Waals surface area contributed by atoms with Gasteiger partial charge in [0.15, 0.2) is 0 Å². The normalized spacial score (nSPS) is 17.0. The van der Waals surface area contributed by atoms with Crippen LogP contribution >= 0.6 is 0 Å². The Bertz CT molecular complexity index is 1150. The minimum Gasteiger partial charge on any atom is -0.467 e. The van der Waals surface area contributed by atoms with E-state index in [1.54, 1.807) is 4.90 Å². The van der Waals surface area contributed by atoms with Gasteiger partial charge < -0.3 is 19.9 Å². The predicted octanol–water partition coefficient (Wildman–Crippen LogP) is 2.66. The van der Waals surface area contributed by atoms with Crippen molar-refractivity contribution in [1.29, 1.82) is 0 Å². The summed E-state index contributed by atoms with van der Waals surface area (Å²) in [5.74, 6) is 0.821. The lowest BCUT2D eigenvalue weighted by Gasteiger charge is -2.36. The number of anilines is 2. The lowest BCUT2D eigenvalue weighted by Crippen LogP contribution is -2.45. The van der Waals surface area contributed by atoms with Gasteiger partial charge in [0.25, 0.3) is 0 Å². The Labute approximate surface area is 182 Å². The van der Waals surface area contributed by atoms with Crippen LogP contribution < -0.4 is 19.9 Å². The Morgan fingerprint density at radius 3 is 2.59 bits per heavy atom. The third-order valence-corrected chi connectivity index (χ3v) is 6.14. The maximum Gasteiger partial charge on any atom is 0.418 e. The molecule has 3 aromatic rings. The summed E-state index contributed by atoms with van der Waals surface area (Å²) in [6.07, 6.45) is -2.48. The molecule has 0 aliphatic carbocycles. The fraction of sp³-hybridized carbons (Fsp3) is 0.476. The summed E-state index contributed by atoms with van der Waals surface area (Å²) in [4.78, 5) is 13.1. The van der Waals surface area contributed by atoms with Crippen LogP contribution in [0.1, 0.15) is 22.4 Å². The second-order valence-electron chi connectivity index (χ2n) is 8.11. The molecule has 2 aromatic heterocycles. The molecule has 0 atom stereocenters. The van der Waals surface area contributed by atoms with E-state index in [9.17, 15) is 13.2 Å². The molecular formula is C21H24F3N7O. The minimum atomic E-state index is -4.49. The van der Waals surface area contributed by atoms with Crippen molar-refractivity contribution in [2.45, 2.75) is 26.1 Å². The van der Waals surface area contributed by atoms with Gasteiger partial charge in [0, 0.05) is 43.7 Å². The maximum absolute atomic E-state index is 14.1. The number of hydrogen-bond donors (Lipinski definition) is 2. The molecule has 0 saturated carbocycles. The van der Waals surface area contributed by atoms with Crippen LogP contribution in [0, 0.1) is 6.92 Å². The summed E-state index contributed by atoms with van der Waals surface area (Å²) in [5, 5.41) is 10.6. The van der Waals surface area contributed by atoms with E-state index in [0.29, 0.717) is 29.6 Å². The number of benzene rings is 1. The first-order valence-corrected chi connectivity index (χ1v) is 10.5. The van der Waals surface area contributed by atoms with Crippen LogP contribution in [-0.2, 0) is 19.1 Å². The number of aromatic nitrogens is 4. The Morgan fingerprint density at radius 2 is 1.88 bits per heavy atom. The first-order chi connectivity index (χ1) is 15.4. The number of aryl methyl sites for hydroxylation is 1. The molecule has 2 aliphatic heterocycles. The van der Waals surface area contributed by atoms with E-state index in [2.05, 4.69) is 30.4 Å². The Balaban J connectivity index is 1.61. The number of nitrogens with one attached hydrogen (secondary N) is 2. The number of nitrogens with zero attached hydrogens (tertiary/aromatic N) is 5. The maximum atomic E-state index is 14.1. The van der Waals surface area contributed by atoms with Crippen LogP contribution in [0.5, 0.6) is 6.01 Å². The first kappa shape index (κ1) is 20.8. The van der Waals surface area contributed by atoms with Crippen LogP contribution in [0.2, 0.25) is 0 Å². The topological polar surface area (TPSA) is 82.2 Å². The lowest BCUT2D eigenvalue weighted by atomic mass is 9.98. The Kier molecular flexibility index (Phi) is 5.07. The summed E-state index contributed by atoms with van der Waals surface area (Å²) in [6.45, 7) is 5.46. The van der Waals surface area contributed by atoms with Gasteiger partial charge in [-0.1, -0.05) is 0 Å². The van der Waals surface area contributed by atoms with Crippen molar-refractivity contribution < 1.29 is 17.9 Å². The van der Waals surface area contributed by atoms with Crippen molar-refractivity contribution in [3.8, 4) is 6.01 Å². The third kappa shape index (κ3) is 3.50. The van der Waals surface area contributed by atoms with Gasteiger partial charge in [0.05, 0.1) is 42.3 Å². The molecule has 32 heavy (non-hydrogen) atoms. The second kappa shape index (κ2) is 7.80. The van der Waals surface area contributed by atoms with Gasteiger partial charge in [-0.15, -0.1) is 0 Å². The van der Waals surface area contributed by atoms with E-state index < -0.39 is 11.7 Å². The number of halogens is 3. The molecule has 0 amide bonds. The third-order valence-electron chi connectivity index (χ3n) is 6.14. The van der Waals surface area contributed by atoms with Crippen LogP contribution in [-0.4, -0.2) is 60.0 Å². The predicted molar refractivity (Wildman–Crippen MR) is 114 cm³/mol. The highest BCUT2D eigenvalue weighted by Crippen LogP contribution is 2.44. The van der Waals surface area contributed by atoms with Crippen LogP contribution in [0.25, 0.3) is 10.9 Å². The summed E-state index contributed by atoms with van der Waals surface area (Å²) in [5.41, 5.74) is 1.94. The zero-order valence-electron chi connectivity index (χ0n) is 17.9. The zero-order valence-corrected chi connectivity index (χ0v) is 17.9. The summed E-state index contributed by atoms with van der Waals surface area (Å²) < 4.78 is 47.6. The monoisotopic (exact) mass is 447 g/mol. The number of hydrogen-bond acceptors (Lipinski definition) is 7. The fourth-order valence-electron chi connectivity index (χ4n) is 4.70. The lowest BCUT2D eigenvalue weighted by molar-refractivity contribution is -0.137. The second-order valence-corrected chi connectivity index (χ2v) is 8.11. The Hall–Kier alpha value is -3.08. The molecule has 1 aromatic carbocycles. The van der Waals surface area contributed by atoms with Gasteiger partial charge in [-0.2, -0.15) is 28.2 Å². The number of fused-ring (bicyclic) bond motifs is 2. The SMILES string of the molecule is COc1nc2c(c(N3CCNCC3)n1)CCN(c1c(C(F)(F)F)c(C)cc3[nH]ncc13)C2. The smallest absolute Gasteiger partial charge is 0.418 e. The first-order valence-electron chi connectivity index (χ1n) is 10.5. The van der Waals surface area contributed by atoms with Gasteiger partial charge in [-0.25, -0.2) is 0 Å². The number of aromatic amines is 1. The van der Waals surface area contributed by atoms with Crippen molar-refractivity contribution in [2.75, 3.05) is 49.6 Å². The Morgan fingerprint density at radius 1 is 1.09 bits per heavy atom. The quantitative estimate of drug-likeness (QED) is 0.639. The van der Waals surface area contributed by atoms with Gasteiger partial charge in [0.1, 0.15) is 5.82 Å². The fourth-order valence-corrected chi connectivity index (χ4v) is 4.70. The van der Waals surface area contributed by atoms with E-state index in [1.165, 1.54) is 26.3 Å². The molecule has 0 bridgehead atoms. The molecule has 2 aliphatic rings. The standard InChI is InChI=1S/C21H24F3N7O/c1-12-9-15-14(10-26-29-15)18(17(12)21(22,23)24)31-6-3-13-16(11-31)27-20(32-2)28-19(13)30-7-4-25-5-8-30/h9-10,25H,3-8,11H2,1-2H3,(H,26,29). The van der Waals surface area contributed by atoms with Gasteiger partial charge in [0.2, 0.25) is 0 Å². The zero-order chi connectivity index (χ0) is 22.5. The summed E-state index contributed by atoms with van der Waals surface area (Å²) in [7, 11) is 1.50. The van der Waals surface area contributed by atoms with Crippen molar-refractivity contribution >= 4 is 22.4 Å². The van der Waals surface area contributed by atoms with E-state index in [0.717, 1.165) is 37.6 Å². The van der Waals surface area contributed by atoms with Gasteiger partial charge in [-0.05, 0) is 25.0 Å². The molecule has 4 heterocycles. The van der Waals surface area contributed by atoms with E-state index in [1.807, 2.05) is 0 Å². The molecule has 0 unspecified atom stereocenters. The van der Waals surface area contributed by atoms with Crippen molar-refractivity contribution in [1.82, 2.24) is 25.5 Å². The number of ether oxygens (including phenoxy) is 1. The molecule has 5 rings (SSSR count). The van der Waals surface area contributed by atoms with Gasteiger partial charge in [-0.3, -0.25) is 5.10 Å². The number of rotatable bonds is 3. The molecule has 11 heteroatoms. The van der Waals surface area contributed by atoms with Crippen molar-refractivity contribution in [3.05, 3.63) is 34.6 Å². The molecule has 8 nitrogen and oxygen atoms in total. The largest absolute Gasteiger partial charge is 0.467 e. The summed E-state index contributed by atoms with van der Waals surface area (Å²) in [6, 6.07) is 1.73. The van der Waals surface area contributed by atoms with Gasteiger partial charge >= 0.3 is 12.2 Å². The average Bonchev–Trinajstić information content (AvgIpc) is 3.24. The van der Waals surface area contributed by atoms with E-state index in [4.69, 9.17) is 4.74 Å². The molecule has 0 radical (unpaired) electrons. The average molecular weight is 447 g/mol. The molecule has 1 fully saturated rings. The van der Waals surface area contributed by atoms with Crippen LogP contribution in [0.15, 0.2) is 12.3 Å². The molecule has 2 N–H and O–H groups in total. The van der Waals surface area contributed by atoms with Crippen molar-refractivity contribution in [3.63, 3.8) is 0 Å². The molecular weight excluding hydrogens is 423 g/mol. The highest BCUT2D eigenvalue weighted by molar-refractivity contribution is 5.95. The highest BCUT2D eigenvalue weighted by Gasteiger charge is 2.39.